The lowest BCUT2D eigenvalue weighted by molar-refractivity contribution is 0.232. The number of hydrogen-bond acceptors (Lipinski definition) is 18. The Balaban J connectivity index is 0.000000161. The van der Waals surface area contributed by atoms with Gasteiger partial charge in [-0.3, -0.25) is 0 Å². The number of unbranched alkanes of at least 4 members (excludes halogenated alkanes) is 12. The summed E-state index contributed by atoms with van der Waals surface area (Å²) in [6.45, 7) is 23.3. The van der Waals surface area contributed by atoms with Crippen LogP contribution in [-0.4, -0.2) is 99.8 Å². The van der Waals surface area contributed by atoms with Gasteiger partial charge in [0.25, 0.3) is 0 Å². The average molecular weight is 1780 g/mol. The Hall–Kier alpha value is -13.1. The maximum atomic E-state index is 11.2. The van der Waals surface area contributed by atoms with Gasteiger partial charge in [-0.2, -0.15) is 29.9 Å². The third-order valence-electron chi connectivity index (χ3n) is 25.2. The van der Waals surface area contributed by atoms with E-state index in [-0.39, 0.29) is 35.3 Å². The van der Waals surface area contributed by atoms with Crippen molar-refractivity contribution in [3.63, 3.8) is 0 Å². The quantitative estimate of drug-likeness (QED) is 0.0183. The number of nitrogens with zero attached hydrogens (tertiary/aromatic N) is 9. The van der Waals surface area contributed by atoms with E-state index in [1.165, 1.54) is 78.3 Å². The van der Waals surface area contributed by atoms with E-state index in [0.717, 1.165) is 168 Å². The first-order valence-corrected chi connectivity index (χ1v) is 49.0. The first-order valence-electron chi connectivity index (χ1n) is 49.0. The summed E-state index contributed by atoms with van der Waals surface area (Å²) in [4.78, 5) is 43.1. The number of benzene rings is 13. The Labute approximate surface area is 784 Å². The number of hydrogen-bond donors (Lipinski definition) is 3. The highest BCUT2D eigenvalue weighted by Crippen LogP contribution is 2.43. The van der Waals surface area contributed by atoms with Gasteiger partial charge in [-0.1, -0.05) is 323 Å². The van der Waals surface area contributed by atoms with E-state index in [2.05, 4.69) is 212 Å². The molecule has 18 heteroatoms. The van der Waals surface area contributed by atoms with Gasteiger partial charge in [-0.05, 0) is 198 Å². The molecule has 0 aliphatic heterocycles. The molecular weight excluding hydrogens is 1650 g/mol. The molecule has 0 aliphatic carbocycles. The molecule has 0 saturated heterocycles. The van der Waals surface area contributed by atoms with Crippen molar-refractivity contribution in [2.75, 3.05) is 39.6 Å². The normalized spacial score (nSPS) is 12.1. The van der Waals surface area contributed by atoms with Crippen molar-refractivity contribution in [2.24, 2.45) is 17.8 Å². The monoisotopic (exact) mass is 1780 g/mol. The fourth-order valence-electron chi connectivity index (χ4n) is 17.1. The SMILES string of the molecule is CCCCCCOc1nc(-c2ccc(OCC(CC)CCCC)cc2O)nc(-c2c3ccccc3cc3ccccc23)n1.CCCCCCOc1nc(-c2ccc(OCC(CC)CCCC)cc2O)nc(-c2cc3c4ccccc4ccc3c3ccccc23)n1.CCCCCCOc1nc(-c2ccc3cc4ccccc4cc3c2)nc(-c2ccc(OCC(CC)CCCC)cc2O)n1. The summed E-state index contributed by atoms with van der Waals surface area (Å²) < 4.78 is 36.6. The second kappa shape index (κ2) is 48.9. The van der Waals surface area contributed by atoms with E-state index in [0.29, 0.717) is 126 Å². The van der Waals surface area contributed by atoms with Gasteiger partial charge in [0.1, 0.15) is 34.5 Å². The molecule has 0 spiro atoms. The lowest BCUT2D eigenvalue weighted by Gasteiger charge is -2.16. The van der Waals surface area contributed by atoms with Crippen LogP contribution in [0.4, 0.5) is 0 Å². The van der Waals surface area contributed by atoms with Gasteiger partial charge in [0, 0.05) is 34.9 Å². The van der Waals surface area contributed by atoms with Gasteiger partial charge in [0.2, 0.25) is 0 Å². The largest absolute Gasteiger partial charge is 0.507 e. The van der Waals surface area contributed by atoms with Crippen LogP contribution in [0.2, 0.25) is 0 Å². The minimum atomic E-state index is 0.0597. The minimum absolute atomic E-state index is 0.0597. The van der Waals surface area contributed by atoms with Crippen molar-refractivity contribution in [3.8, 4) is 121 Å². The van der Waals surface area contributed by atoms with Crippen molar-refractivity contribution in [2.45, 2.75) is 216 Å². The first-order chi connectivity index (χ1) is 65.3. The lowest BCUT2D eigenvalue weighted by Crippen LogP contribution is -2.11. The molecule has 18 nitrogen and oxygen atoms in total. The van der Waals surface area contributed by atoms with Crippen molar-refractivity contribution in [1.29, 1.82) is 0 Å². The molecule has 0 saturated carbocycles. The van der Waals surface area contributed by atoms with E-state index < -0.39 is 0 Å². The second-order valence-electron chi connectivity index (χ2n) is 35.0. The van der Waals surface area contributed by atoms with Crippen LogP contribution in [0.25, 0.3) is 144 Å². The maximum Gasteiger partial charge on any atom is 0.320 e. The predicted octanol–water partition coefficient (Wildman–Crippen LogP) is 30.5. The van der Waals surface area contributed by atoms with E-state index in [9.17, 15) is 15.3 Å². The third-order valence-corrected chi connectivity index (χ3v) is 25.2. The molecule has 13 aromatic carbocycles. The minimum Gasteiger partial charge on any atom is -0.507 e. The van der Waals surface area contributed by atoms with Crippen molar-refractivity contribution < 1.29 is 43.7 Å². The summed E-state index contributed by atoms with van der Waals surface area (Å²) in [6, 6.07) is 77.9. The molecule has 0 fully saturated rings. The summed E-state index contributed by atoms with van der Waals surface area (Å²) in [6.07, 6.45) is 26.8. The predicted molar refractivity (Wildman–Crippen MR) is 545 cm³/mol. The Kier molecular flexibility index (Phi) is 35.3. The molecule has 0 aliphatic rings. The third kappa shape index (κ3) is 25.4. The Morgan fingerprint density at radius 1 is 0.233 bits per heavy atom. The van der Waals surface area contributed by atoms with E-state index >= 15 is 0 Å². The molecule has 3 atom stereocenters. The number of fused-ring (bicyclic) bond motifs is 9. The van der Waals surface area contributed by atoms with Gasteiger partial charge in [0.05, 0.1) is 56.3 Å². The van der Waals surface area contributed by atoms with Gasteiger partial charge < -0.3 is 43.7 Å². The summed E-state index contributed by atoms with van der Waals surface area (Å²) in [7, 11) is 0. The highest BCUT2D eigenvalue weighted by atomic mass is 16.5. The number of aromatic hydroxyl groups is 3. The molecule has 16 aromatic rings. The highest BCUT2D eigenvalue weighted by Gasteiger charge is 2.24. The van der Waals surface area contributed by atoms with Crippen LogP contribution in [0.1, 0.15) is 216 Å². The standard InChI is InChI=1S/C41H45N3O3.2C37H43N3O3/c1-4-7-9-14-24-46-41-43-39(35-23-21-30(25-38(35)45)47-27-28(6-3)15-8-5-2)42-40(44-41)37-26-36-31-17-11-10-16-29(31)20-22-34(36)32-18-12-13-19-33(32)37;1-4-7-9-14-22-42-37-39-35(32-21-20-29(24-33(32)41)43-25-26(6-3)15-8-5-2)38-36(40-37)34-30-18-12-10-16-27(30)23-28-17-11-13-19-31(28)34;1-4-7-9-12-20-42-37-39-35(30-17-16-29-21-27-14-10-11-15-28(27)22-31(29)23-30)38-36(40-37)33-19-18-32(24-34(33)41)43-25-26(6-3)13-8-5-2/h10-13,16-23,25-26,28,45H,4-9,14-15,24,27H2,1-3H3;10-13,16-21,23-24,26,41H,4-9,14-15,22,25H2,1-3H3;10-11,14-19,21-24,26,41H,4-9,12-13,20,25H2,1-3H3. The molecule has 16 rings (SSSR count). The summed E-state index contributed by atoms with van der Waals surface area (Å²) in [5.74, 6) is 6.22. The van der Waals surface area contributed by atoms with Crippen LogP contribution >= 0.6 is 0 Å². The summed E-state index contributed by atoms with van der Waals surface area (Å²) in [5, 5.41) is 49.2. The fourth-order valence-corrected chi connectivity index (χ4v) is 17.1. The summed E-state index contributed by atoms with van der Waals surface area (Å²) >= 11 is 0. The van der Waals surface area contributed by atoms with E-state index in [1.54, 1.807) is 18.2 Å². The maximum absolute atomic E-state index is 11.2. The van der Waals surface area contributed by atoms with Gasteiger partial charge >= 0.3 is 18.0 Å². The number of phenolic OH excluding ortho intramolecular Hbond substituents is 3. The smallest absolute Gasteiger partial charge is 0.320 e. The van der Waals surface area contributed by atoms with Crippen molar-refractivity contribution >= 4 is 75.4 Å². The first kappa shape index (κ1) is 96.0. The van der Waals surface area contributed by atoms with Crippen molar-refractivity contribution in [3.05, 3.63) is 231 Å². The number of ether oxygens (including phenoxy) is 6. The van der Waals surface area contributed by atoms with Crippen LogP contribution in [0.5, 0.6) is 52.5 Å². The molecule has 0 radical (unpaired) electrons. The molecule has 3 aromatic heterocycles. The average Bonchev–Trinajstić information content (AvgIpc) is 0.801. The van der Waals surface area contributed by atoms with Crippen LogP contribution in [0, 0.1) is 17.8 Å². The zero-order valence-corrected chi connectivity index (χ0v) is 79.2. The van der Waals surface area contributed by atoms with Gasteiger partial charge in [0.15, 0.2) is 34.9 Å². The summed E-state index contributed by atoms with van der Waals surface area (Å²) in [5.41, 5.74) is 4.20. The van der Waals surface area contributed by atoms with Crippen LogP contribution in [0.15, 0.2) is 231 Å². The molecule has 3 heterocycles. The second-order valence-corrected chi connectivity index (χ2v) is 35.0. The van der Waals surface area contributed by atoms with Crippen molar-refractivity contribution in [1.82, 2.24) is 44.9 Å². The Morgan fingerprint density at radius 2 is 0.571 bits per heavy atom. The molecule has 0 amide bonds. The highest BCUT2D eigenvalue weighted by molar-refractivity contribution is 6.21. The van der Waals surface area contributed by atoms with Crippen LogP contribution in [-0.2, 0) is 0 Å². The van der Waals surface area contributed by atoms with E-state index in [1.807, 2.05) is 72.8 Å². The number of aromatic nitrogens is 9. The molecular formula is C115H131N9O9. The van der Waals surface area contributed by atoms with Gasteiger partial charge in [-0.15, -0.1) is 0 Å². The molecule has 3 N–H and O–H groups in total. The number of rotatable bonds is 45. The molecule has 3 unspecified atom stereocenters. The van der Waals surface area contributed by atoms with Crippen LogP contribution in [0.3, 0.4) is 0 Å². The zero-order chi connectivity index (χ0) is 92.6. The molecule has 690 valence electrons. The number of phenols is 3. The Bertz CT molecular complexity index is 6450. The lowest BCUT2D eigenvalue weighted by atomic mass is 9.93. The zero-order valence-electron chi connectivity index (χ0n) is 79.2. The topological polar surface area (TPSA) is 232 Å². The van der Waals surface area contributed by atoms with E-state index in [4.69, 9.17) is 63.3 Å². The fraction of sp³-hybridized carbons (Fsp3) is 0.365. The van der Waals surface area contributed by atoms with Gasteiger partial charge in [-0.25, -0.2) is 15.0 Å². The Morgan fingerprint density at radius 3 is 1.01 bits per heavy atom. The van der Waals surface area contributed by atoms with Crippen LogP contribution < -0.4 is 28.4 Å². The molecule has 133 heavy (non-hydrogen) atoms. The molecule has 0 bridgehead atoms.